The standard InChI is InChI=1S/C10H4Cl3N3O2S/c11-8-2-1-7(3-9(8)12)16-10(19(13,17)18)6(4-14)5-15-16/h1-3,5H. The van der Waals surface area contributed by atoms with Crippen molar-refractivity contribution in [3.05, 3.63) is 40.0 Å². The molecule has 0 saturated heterocycles. The van der Waals surface area contributed by atoms with Gasteiger partial charge in [-0.25, -0.2) is 13.1 Å². The molecule has 0 aliphatic heterocycles. The zero-order valence-corrected chi connectivity index (χ0v) is 12.1. The third-order valence-corrected chi connectivity index (χ3v) is 4.26. The van der Waals surface area contributed by atoms with Crippen molar-refractivity contribution in [2.75, 3.05) is 0 Å². The lowest BCUT2D eigenvalue weighted by molar-refractivity contribution is 0.599. The largest absolute Gasteiger partial charge is 0.280 e. The van der Waals surface area contributed by atoms with Gasteiger partial charge in [0.1, 0.15) is 11.6 Å². The molecule has 0 bridgehead atoms. The summed E-state index contributed by atoms with van der Waals surface area (Å²) < 4.78 is 24.0. The van der Waals surface area contributed by atoms with Crippen molar-refractivity contribution in [1.82, 2.24) is 9.78 Å². The highest BCUT2D eigenvalue weighted by molar-refractivity contribution is 8.13. The lowest BCUT2D eigenvalue weighted by atomic mass is 10.3. The first-order chi connectivity index (χ1) is 8.84. The highest BCUT2D eigenvalue weighted by Crippen LogP contribution is 2.27. The van der Waals surface area contributed by atoms with Gasteiger partial charge in [-0.05, 0) is 18.2 Å². The van der Waals surface area contributed by atoms with Crippen molar-refractivity contribution in [3.8, 4) is 11.8 Å². The third kappa shape index (κ3) is 2.69. The molecule has 2 aromatic rings. The summed E-state index contributed by atoms with van der Waals surface area (Å²) in [5.74, 6) is 0. The zero-order chi connectivity index (χ0) is 14.2. The second-order valence-electron chi connectivity index (χ2n) is 3.42. The van der Waals surface area contributed by atoms with Crippen LogP contribution in [0.5, 0.6) is 0 Å². The summed E-state index contributed by atoms with van der Waals surface area (Å²) >= 11 is 11.6. The zero-order valence-electron chi connectivity index (χ0n) is 9.01. The van der Waals surface area contributed by atoms with Gasteiger partial charge in [0.2, 0.25) is 0 Å². The number of halogens is 3. The van der Waals surface area contributed by atoms with Gasteiger partial charge >= 0.3 is 0 Å². The maximum atomic E-state index is 11.5. The molecule has 19 heavy (non-hydrogen) atoms. The minimum atomic E-state index is -4.13. The van der Waals surface area contributed by atoms with Crippen LogP contribution in [0.15, 0.2) is 29.4 Å². The summed E-state index contributed by atoms with van der Waals surface area (Å²) in [6.07, 6.45) is 1.11. The van der Waals surface area contributed by atoms with Crippen LogP contribution in [0.4, 0.5) is 0 Å². The molecule has 2 rings (SSSR count). The van der Waals surface area contributed by atoms with E-state index in [1.54, 1.807) is 6.07 Å². The lowest BCUT2D eigenvalue weighted by Crippen LogP contribution is -2.06. The highest BCUT2D eigenvalue weighted by Gasteiger charge is 2.24. The predicted molar refractivity (Wildman–Crippen MR) is 71.3 cm³/mol. The lowest BCUT2D eigenvalue weighted by Gasteiger charge is -2.06. The second kappa shape index (κ2) is 5.02. The normalized spacial score (nSPS) is 11.3. The Balaban J connectivity index is 2.74. The number of rotatable bonds is 2. The van der Waals surface area contributed by atoms with Crippen molar-refractivity contribution >= 4 is 42.9 Å². The number of hydrogen-bond acceptors (Lipinski definition) is 4. The SMILES string of the molecule is N#Cc1cnn(-c2ccc(Cl)c(Cl)c2)c1S(=O)(=O)Cl. The first-order valence-corrected chi connectivity index (χ1v) is 7.79. The van der Waals surface area contributed by atoms with Crippen LogP contribution in [0.3, 0.4) is 0 Å². The van der Waals surface area contributed by atoms with E-state index >= 15 is 0 Å². The van der Waals surface area contributed by atoms with E-state index < -0.39 is 14.1 Å². The van der Waals surface area contributed by atoms with E-state index in [1.165, 1.54) is 18.2 Å². The van der Waals surface area contributed by atoms with Crippen molar-refractivity contribution in [2.45, 2.75) is 5.03 Å². The van der Waals surface area contributed by atoms with E-state index in [9.17, 15) is 8.42 Å². The summed E-state index contributed by atoms with van der Waals surface area (Å²) in [6.45, 7) is 0. The Morgan fingerprint density at radius 2 is 1.95 bits per heavy atom. The van der Waals surface area contributed by atoms with Gasteiger partial charge in [-0.3, -0.25) is 0 Å². The molecule has 0 aliphatic carbocycles. The van der Waals surface area contributed by atoms with E-state index in [4.69, 9.17) is 39.1 Å². The average Bonchev–Trinajstić information content (AvgIpc) is 2.76. The van der Waals surface area contributed by atoms with Crippen LogP contribution in [0.25, 0.3) is 5.69 Å². The summed E-state index contributed by atoms with van der Waals surface area (Å²) in [6, 6.07) is 6.12. The van der Waals surface area contributed by atoms with Gasteiger partial charge in [0, 0.05) is 10.7 Å². The predicted octanol–water partition coefficient (Wildman–Crippen LogP) is 2.98. The van der Waals surface area contributed by atoms with Crippen molar-refractivity contribution in [3.63, 3.8) is 0 Å². The maximum absolute atomic E-state index is 11.5. The molecule has 0 unspecified atom stereocenters. The minimum absolute atomic E-state index is 0.152. The summed E-state index contributed by atoms with van der Waals surface area (Å²) in [5.41, 5.74) is 0.177. The fourth-order valence-electron chi connectivity index (χ4n) is 1.45. The number of benzene rings is 1. The van der Waals surface area contributed by atoms with Gasteiger partial charge in [-0.2, -0.15) is 10.4 Å². The average molecular weight is 337 g/mol. The van der Waals surface area contributed by atoms with Gasteiger partial charge in [-0.1, -0.05) is 23.2 Å². The second-order valence-corrected chi connectivity index (χ2v) is 6.72. The van der Waals surface area contributed by atoms with Crippen molar-refractivity contribution in [2.24, 2.45) is 0 Å². The molecular weight excluding hydrogens is 333 g/mol. The van der Waals surface area contributed by atoms with Gasteiger partial charge in [-0.15, -0.1) is 0 Å². The smallest absolute Gasteiger partial charge is 0.219 e. The van der Waals surface area contributed by atoms with E-state index in [0.717, 1.165) is 10.9 Å². The van der Waals surface area contributed by atoms with E-state index in [0.29, 0.717) is 10.7 Å². The molecule has 0 saturated carbocycles. The Kier molecular flexibility index (Phi) is 3.74. The molecule has 0 amide bonds. The Bertz CT molecular complexity index is 793. The number of nitrogens with zero attached hydrogens (tertiary/aromatic N) is 3. The molecule has 1 heterocycles. The van der Waals surface area contributed by atoms with Gasteiger partial charge in [0.25, 0.3) is 9.05 Å². The van der Waals surface area contributed by atoms with Gasteiger partial charge in [0.05, 0.1) is 21.9 Å². The number of nitriles is 1. The number of aromatic nitrogens is 2. The minimum Gasteiger partial charge on any atom is -0.219 e. The molecule has 0 N–H and O–H groups in total. The van der Waals surface area contributed by atoms with E-state index in [-0.39, 0.29) is 10.6 Å². The Morgan fingerprint density at radius 3 is 2.47 bits per heavy atom. The Morgan fingerprint density at radius 1 is 1.26 bits per heavy atom. The maximum Gasteiger partial charge on any atom is 0.280 e. The highest BCUT2D eigenvalue weighted by atomic mass is 35.7. The van der Waals surface area contributed by atoms with Crippen LogP contribution in [-0.4, -0.2) is 18.2 Å². The number of hydrogen-bond donors (Lipinski definition) is 0. The summed E-state index contributed by atoms with van der Waals surface area (Å²) in [5, 5.41) is 12.8. The van der Waals surface area contributed by atoms with Crippen LogP contribution in [0.2, 0.25) is 10.0 Å². The summed E-state index contributed by atoms with van der Waals surface area (Å²) in [4.78, 5) is 0. The molecule has 9 heteroatoms. The van der Waals surface area contributed by atoms with Crippen LogP contribution >= 0.6 is 33.9 Å². The molecular formula is C10H4Cl3N3O2S. The first kappa shape index (κ1) is 14.2. The van der Waals surface area contributed by atoms with Crippen LogP contribution < -0.4 is 0 Å². The fourth-order valence-corrected chi connectivity index (χ4v) is 2.91. The topological polar surface area (TPSA) is 75.8 Å². The molecule has 0 atom stereocenters. The van der Waals surface area contributed by atoms with Crippen LogP contribution in [0, 0.1) is 11.3 Å². The Hall–Kier alpha value is -1.26. The molecule has 5 nitrogen and oxygen atoms in total. The molecule has 98 valence electrons. The molecule has 0 spiro atoms. The van der Waals surface area contributed by atoms with Gasteiger partial charge < -0.3 is 0 Å². The van der Waals surface area contributed by atoms with Crippen LogP contribution in [-0.2, 0) is 9.05 Å². The van der Waals surface area contributed by atoms with Crippen molar-refractivity contribution < 1.29 is 8.42 Å². The van der Waals surface area contributed by atoms with Gasteiger partial charge in [0.15, 0.2) is 5.03 Å². The third-order valence-electron chi connectivity index (χ3n) is 2.22. The van der Waals surface area contributed by atoms with Crippen LogP contribution in [0.1, 0.15) is 5.56 Å². The molecule has 0 radical (unpaired) electrons. The van der Waals surface area contributed by atoms with E-state index in [1.807, 2.05) is 0 Å². The molecule has 0 aliphatic rings. The van der Waals surface area contributed by atoms with Crippen molar-refractivity contribution in [1.29, 1.82) is 5.26 Å². The Labute approximate surface area is 123 Å². The molecule has 1 aromatic carbocycles. The monoisotopic (exact) mass is 335 g/mol. The van der Waals surface area contributed by atoms with E-state index in [2.05, 4.69) is 5.10 Å². The molecule has 0 fully saturated rings. The fraction of sp³-hybridized carbons (Fsp3) is 0. The first-order valence-electron chi connectivity index (χ1n) is 4.73. The molecule has 1 aromatic heterocycles. The quantitative estimate of drug-likeness (QED) is 0.790. The summed E-state index contributed by atoms with van der Waals surface area (Å²) in [7, 11) is 1.18.